The zero-order valence-electron chi connectivity index (χ0n) is 16.5. The summed E-state index contributed by atoms with van der Waals surface area (Å²) in [7, 11) is 0. The number of aryl methyl sites for hydroxylation is 1. The number of hydrogen-bond donors (Lipinski definition) is 0. The van der Waals surface area contributed by atoms with E-state index >= 15 is 0 Å². The molecule has 0 amide bonds. The topological polar surface area (TPSA) is 65.4 Å². The molecule has 0 saturated carbocycles. The third-order valence-corrected chi connectivity index (χ3v) is 5.93. The van der Waals surface area contributed by atoms with Crippen molar-refractivity contribution in [3.63, 3.8) is 0 Å². The summed E-state index contributed by atoms with van der Waals surface area (Å²) in [5, 5.41) is 0.553. The Morgan fingerprint density at radius 1 is 0.967 bits per heavy atom. The van der Waals surface area contributed by atoms with Crippen LogP contribution < -0.4 is 5.56 Å². The first-order chi connectivity index (χ1) is 14.5. The summed E-state index contributed by atoms with van der Waals surface area (Å²) in [6.45, 7) is 3.87. The molecule has 5 nitrogen and oxygen atoms in total. The molecular weight excluding hydrogens is 398 g/mol. The average molecular weight is 417 g/mol. The van der Waals surface area contributed by atoms with E-state index in [-0.39, 0.29) is 28.4 Å². The quantitative estimate of drug-likeness (QED) is 0.347. The van der Waals surface area contributed by atoms with Crippen molar-refractivity contribution in [1.29, 1.82) is 0 Å². The van der Waals surface area contributed by atoms with Crippen LogP contribution in [0.2, 0.25) is 0 Å². The van der Waals surface area contributed by atoms with E-state index in [0.717, 1.165) is 16.9 Å². The Morgan fingerprint density at radius 3 is 2.33 bits per heavy atom. The Balaban J connectivity index is 2.02. The third-order valence-electron chi connectivity index (χ3n) is 4.76. The van der Waals surface area contributed by atoms with Gasteiger partial charge in [-0.15, -0.1) is 11.3 Å². The molecule has 0 radical (unpaired) electrons. The number of nitrogens with zero attached hydrogens (tertiary/aromatic N) is 1. The molecular formula is C24H19NO4S. The molecule has 0 spiro atoms. The summed E-state index contributed by atoms with van der Waals surface area (Å²) < 4.78 is 6.74. The van der Waals surface area contributed by atoms with Gasteiger partial charge in [-0.1, -0.05) is 48.0 Å². The first-order valence-corrected chi connectivity index (χ1v) is 10.4. The van der Waals surface area contributed by atoms with Gasteiger partial charge in [0.1, 0.15) is 9.71 Å². The molecule has 0 N–H and O–H groups in total. The number of benzene rings is 2. The number of rotatable bonds is 5. The minimum atomic E-state index is -0.569. The molecule has 0 aliphatic rings. The fraction of sp³-hybridized carbons (Fsp3) is 0.125. The minimum absolute atomic E-state index is 0.191. The van der Waals surface area contributed by atoms with E-state index < -0.39 is 5.97 Å². The molecule has 6 heteroatoms. The summed E-state index contributed by atoms with van der Waals surface area (Å²) in [6, 6.07) is 19.3. The lowest BCUT2D eigenvalue weighted by atomic mass is 10.0. The van der Waals surface area contributed by atoms with Crippen LogP contribution >= 0.6 is 11.3 Å². The van der Waals surface area contributed by atoms with Gasteiger partial charge >= 0.3 is 5.97 Å². The lowest BCUT2D eigenvalue weighted by molar-refractivity contribution is 0.0529. The number of aromatic nitrogens is 1. The normalized spacial score (nSPS) is 10.9. The van der Waals surface area contributed by atoms with E-state index in [2.05, 4.69) is 0 Å². The summed E-state index contributed by atoms with van der Waals surface area (Å²) in [4.78, 5) is 39.5. The van der Waals surface area contributed by atoms with Crippen LogP contribution in [0.1, 0.15) is 38.1 Å². The molecule has 4 aromatic rings. The number of ketones is 1. The molecule has 0 aliphatic carbocycles. The van der Waals surface area contributed by atoms with Crippen molar-refractivity contribution in [2.24, 2.45) is 0 Å². The van der Waals surface area contributed by atoms with E-state index in [9.17, 15) is 14.4 Å². The number of ether oxygens (including phenoxy) is 1. The van der Waals surface area contributed by atoms with Crippen molar-refractivity contribution in [3.8, 4) is 5.69 Å². The number of hydrogen-bond acceptors (Lipinski definition) is 5. The Hall–Kier alpha value is -3.51. The average Bonchev–Trinajstić information content (AvgIpc) is 3.14. The number of pyridine rings is 1. The summed E-state index contributed by atoms with van der Waals surface area (Å²) >= 11 is 1.10. The molecule has 150 valence electrons. The third kappa shape index (κ3) is 3.46. The smallest absolute Gasteiger partial charge is 0.349 e. The van der Waals surface area contributed by atoms with Crippen LogP contribution in [0.4, 0.5) is 0 Å². The van der Waals surface area contributed by atoms with Crippen molar-refractivity contribution in [2.45, 2.75) is 13.8 Å². The van der Waals surface area contributed by atoms with Gasteiger partial charge in [0.25, 0.3) is 5.56 Å². The highest BCUT2D eigenvalue weighted by molar-refractivity contribution is 7.21. The van der Waals surface area contributed by atoms with E-state index in [1.54, 1.807) is 37.3 Å². The van der Waals surface area contributed by atoms with Crippen LogP contribution in [0.15, 0.2) is 71.5 Å². The maximum atomic E-state index is 13.3. The Labute approximate surface area is 177 Å². The highest BCUT2D eigenvalue weighted by Gasteiger charge is 2.27. The second-order valence-corrected chi connectivity index (χ2v) is 7.78. The van der Waals surface area contributed by atoms with Gasteiger partial charge < -0.3 is 4.74 Å². The highest BCUT2D eigenvalue weighted by atomic mass is 32.1. The van der Waals surface area contributed by atoms with Gasteiger partial charge in [-0.25, -0.2) is 4.79 Å². The number of carbonyl (C=O) groups excluding carboxylic acids is 2. The van der Waals surface area contributed by atoms with E-state index in [1.807, 2.05) is 37.3 Å². The molecule has 0 aliphatic heterocycles. The zero-order valence-corrected chi connectivity index (χ0v) is 17.4. The number of carbonyl (C=O) groups is 2. The van der Waals surface area contributed by atoms with Gasteiger partial charge in [-0.3, -0.25) is 14.2 Å². The zero-order chi connectivity index (χ0) is 21.3. The molecule has 2 aromatic heterocycles. The summed E-state index contributed by atoms with van der Waals surface area (Å²) in [5.41, 5.74) is 2.24. The first kappa shape index (κ1) is 19.8. The fourth-order valence-corrected chi connectivity index (χ4v) is 4.53. The van der Waals surface area contributed by atoms with Gasteiger partial charge in [0.15, 0.2) is 5.78 Å². The molecule has 0 fully saturated rings. The van der Waals surface area contributed by atoms with E-state index in [0.29, 0.717) is 21.5 Å². The van der Waals surface area contributed by atoms with Crippen LogP contribution in [0, 0.1) is 6.92 Å². The molecule has 2 aromatic carbocycles. The molecule has 4 rings (SSSR count). The molecule has 30 heavy (non-hydrogen) atoms. The van der Waals surface area contributed by atoms with Gasteiger partial charge in [-0.2, -0.15) is 0 Å². The van der Waals surface area contributed by atoms with Gasteiger partial charge in [0.05, 0.1) is 17.9 Å². The van der Waals surface area contributed by atoms with E-state index in [4.69, 9.17) is 4.74 Å². The number of thiophene rings is 1. The predicted octanol–water partition coefficient (Wildman–Crippen LogP) is 4.77. The lowest BCUT2D eigenvalue weighted by Crippen LogP contribution is -2.16. The second-order valence-electron chi connectivity index (χ2n) is 6.78. The molecule has 0 saturated heterocycles. The van der Waals surface area contributed by atoms with Crippen LogP contribution in [0.3, 0.4) is 0 Å². The maximum absolute atomic E-state index is 13.3. The van der Waals surface area contributed by atoms with Crippen molar-refractivity contribution in [3.05, 3.63) is 98.7 Å². The predicted molar refractivity (Wildman–Crippen MR) is 118 cm³/mol. The lowest BCUT2D eigenvalue weighted by Gasteiger charge is -2.08. The van der Waals surface area contributed by atoms with Crippen molar-refractivity contribution in [1.82, 2.24) is 4.57 Å². The summed E-state index contributed by atoms with van der Waals surface area (Å²) in [5.74, 6) is -0.847. The highest BCUT2D eigenvalue weighted by Crippen LogP contribution is 2.34. The maximum Gasteiger partial charge on any atom is 0.349 e. The molecule has 0 atom stereocenters. The minimum Gasteiger partial charge on any atom is -0.462 e. The van der Waals surface area contributed by atoms with Crippen LogP contribution in [0.5, 0.6) is 0 Å². The van der Waals surface area contributed by atoms with Gasteiger partial charge in [0.2, 0.25) is 0 Å². The van der Waals surface area contributed by atoms with Crippen LogP contribution in [-0.4, -0.2) is 22.9 Å². The van der Waals surface area contributed by atoms with Gasteiger partial charge in [-0.05, 0) is 32.0 Å². The van der Waals surface area contributed by atoms with E-state index in [1.165, 1.54) is 10.6 Å². The largest absolute Gasteiger partial charge is 0.462 e. The van der Waals surface area contributed by atoms with Crippen molar-refractivity contribution < 1.29 is 14.3 Å². The molecule has 0 bridgehead atoms. The number of esters is 1. The van der Waals surface area contributed by atoms with Crippen LogP contribution in [0.25, 0.3) is 15.9 Å². The summed E-state index contributed by atoms with van der Waals surface area (Å²) in [6.07, 6.45) is 0. The monoisotopic (exact) mass is 417 g/mol. The molecule has 2 heterocycles. The van der Waals surface area contributed by atoms with Crippen molar-refractivity contribution >= 4 is 33.3 Å². The Morgan fingerprint density at radius 2 is 1.67 bits per heavy atom. The first-order valence-electron chi connectivity index (χ1n) is 9.53. The second kappa shape index (κ2) is 8.08. The fourth-order valence-electron chi connectivity index (χ4n) is 3.32. The standard InChI is InChI=1S/C24H19NO4S/c1-3-29-24(28)22-20(21(27)16-7-5-4-6-8-16)18-13-14-19(26)25(23(18)30-22)17-11-9-15(2)10-12-17/h4-14H,3H2,1-2H3. The Kier molecular flexibility index (Phi) is 5.33. The SMILES string of the molecule is CCOC(=O)c1sc2c(ccc(=O)n2-c2ccc(C)cc2)c1C(=O)c1ccccc1. The van der Waals surface area contributed by atoms with Crippen LogP contribution in [-0.2, 0) is 4.74 Å². The molecule has 0 unspecified atom stereocenters. The van der Waals surface area contributed by atoms with Gasteiger partial charge in [0, 0.05) is 17.0 Å². The number of fused-ring (bicyclic) bond motifs is 1. The Bertz CT molecular complexity index is 1300. The van der Waals surface area contributed by atoms with Crippen molar-refractivity contribution in [2.75, 3.05) is 6.61 Å².